The van der Waals surface area contributed by atoms with Crippen LogP contribution in [0.1, 0.15) is 17.0 Å². The summed E-state index contributed by atoms with van der Waals surface area (Å²) in [6.45, 7) is -0.310. The summed E-state index contributed by atoms with van der Waals surface area (Å²) in [6, 6.07) is 1.84. The highest BCUT2D eigenvalue weighted by Gasteiger charge is 2.20. The summed E-state index contributed by atoms with van der Waals surface area (Å²) in [4.78, 5) is 22.0. The maximum atomic E-state index is 11.3. The molecule has 15 heavy (non-hydrogen) atoms. The van der Waals surface area contributed by atoms with Crippen molar-refractivity contribution < 1.29 is 24.2 Å². The third-order valence-electron chi connectivity index (χ3n) is 1.77. The monoisotopic (exact) mass is 213 g/mol. The molecule has 6 nitrogen and oxygen atoms in total. The van der Waals surface area contributed by atoms with Crippen LogP contribution < -0.4 is 5.32 Å². The fourth-order valence-corrected chi connectivity index (χ4v) is 1.02. The zero-order chi connectivity index (χ0) is 11.3. The van der Waals surface area contributed by atoms with Gasteiger partial charge in [-0.15, -0.1) is 0 Å². The molecule has 1 atom stereocenters. The topological polar surface area (TPSA) is 99.8 Å². The Morgan fingerprint density at radius 3 is 2.73 bits per heavy atom. The Kier molecular flexibility index (Phi) is 3.87. The minimum absolute atomic E-state index is 0.0399. The molecule has 0 aliphatic heterocycles. The van der Waals surface area contributed by atoms with Crippen LogP contribution in [0.5, 0.6) is 0 Å². The van der Waals surface area contributed by atoms with Crippen LogP contribution in [-0.2, 0) is 4.79 Å². The van der Waals surface area contributed by atoms with Crippen LogP contribution in [-0.4, -0.2) is 34.7 Å². The molecule has 0 radical (unpaired) electrons. The minimum Gasteiger partial charge on any atom is -0.480 e. The lowest BCUT2D eigenvalue weighted by Crippen LogP contribution is -2.41. The number of hydrogen-bond acceptors (Lipinski definition) is 4. The molecule has 0 aromatic carbocycles. The molecule has 6 heteroatoms. The number of carbonyl (C=O) groups is 2. The Morgan fingerprint density at radius 2 is 2.27 bits per heavy atom. The first-order chi connectivity index (χ1) is 7.15. The molecule has 0 aliphatic rings. The van der Waals surface area contributed by atoms with Crippen LogP contribution >= 0.6 is 0 Å². The first-order valence-electron chi connectivity index (χ1n) is 4.33. The molecule has 1 unspecified atom stereocenters. The van der Waals surface area contributed by atoms with Gasteiger partial charge < -0.3 is 19.9 Å². The molecule has 1 rings (SSSR count). The van der Waals surface area contributed by atoms with E-state index < -0.39 is 17.9 Å². The lowest BCUT2D eigenvalue weighted by atomic mass is 10.2. The van der Waals surface area contributed by atoms with Crippen LogP contribution in [0, 0.1) is 0 Å². The standard InChI is InChI=1S/C9H11NO5/c11-4-3-6(9(13)14)10-8(12)7-2-1-5-15-7/h1-2,5-6,11H,3-4H2,(H,10,12)(H,13,14). The van der Waals surface area contributed by atoms with Gasteiger partial charge >= 0.3 is 5.97 Å². The number of rotatable bonds is 5. The van der Waals surface area contributed by atoms with E-state index in [4.69, 9.17) is 14.6 Å². The molecule has 1 amide bonds. The summed E-state index contributed by atoms with van der Waals surface area (Å²) < 4.78 is 4.79. The number of carboxylic acid groups (broad SMARTS) is 1. The normalized spacial score (nSPS) is 12.1. The number of aliphatic hydroxyl groups is 1. The highest BCUT2D eigenvalue weighted by Crippen LogP contribution is 2.01. The Bertz CT molecular complexity index is 332. The second-order valence-electron chi connectivity index (χ2n) is 2.85. The molecule has 0 fully saturated rings. The number of amides is 1. The maximum Gasteiger partial charge on any atom is 0.326 e. The average molecular weight is 213 g/mol. The van der Waals surface area contributed by atoms with E-state index in [0.717, 1.165) is 0 Å². The average Bonchev–Trinajstić information content (AvgIpc) is 2.69. The lowest BCUT2D eigenvalue weighted by Gasteiger charge is -2.11. The molecular weight excluding hydrogens is 202 g/mol. The summed E-state index contributed by atoms with van der Waals surface area (Å²) in [7, 11) is 0. The first-order valence-corrected chi connectivity index (χ1v) is 4.33. The van der Waals surface area contributed by atoms with Gasteiger partial charge in [0.2, 0.25) is 0 Å². The van der Waals surface area contributed by atoms with Crippen molar-refractivity contribution in [1.82, 2.24) is 5.32 Å². The zero-order valence-electron chi connectivity index (χ0n) is 7.84. The van der Waals surface area contributed by atoms with Crippen LogP contribution in [0.25, 0.3) is 0 Å². The van der Waals surface area contributed by atoms with Crippen molar-refractivity contribution in [2.45, 2.75) is 12.5 Å². The van der Waals surface area contributed by atoms with Crippen molar-refractivity contribution in [3.8, 4) is 0 Å². The summed E-state index contributed by atoms with van der Waals surface area (Å²) in [6.07, 6.45) is 1.28. The molecule has 82 valence electrons. The third-order valence-corrected chi connectivity index (χ3v) is 1.77. The highest BCUT2D eigenvalue weighted by atomic mass is 16.4. The molecule has 1 aromatic rings. The Balaban J connectivity index is 2.59. The molecule has 0 bridgehead atoms. The summed E-state index contributed by atoms with van der Waals surface area (Å²) in [5, 5.41) is 19.5. The predicted octanol–water partition coefficient (Wildman–Crippen LogP) is -0.155. The van der Waals surface area contributed by atoms with Crippen molar-refractivity contribution in [2.75, 3.05) is 6.61 Å². The van der Waals surface area contributed by atoms with E-state index in [-0.39, 0.29) is 18.8 Å². The smallest absolute Gasteiger partial charge is 0.326 e. The summed E-state index contributed by atoms with van der Waals surface area (Å²) in [5.74, 6) is -1.76. The van der Waals surface area contributed by atoms with E-state index in [0.29, 0.717) is 0 Å². The molecule has 0 aliphatic carbocycles. The van der Waals surface area contributed by atoms with Gasteiger partial charge in [0.05, 0.1) is 6.26 Å². The van der Waals surface area contributed by atoms with Gasteiger partial charge in [0.25, 0.3) is 5.91 Å². The van der Waals surface area contributed by atoms with Crippen molar-refractivity contribution in [3.63, 3.8) is 0 Å². The number of furan rings is 1. The second kappa shape index (κ2) is 5.16. The number of aliphatic carboxylic acids is 1. The first kappa shape index (κ1) is 11.3. The Hall–Kier alpha value is -1.82. The van der Waals surface area contributed by atoms with Gasteiger partial charge in [-0.05, 0) is 12.1 Å². The molecule has 0 saturated carbocycles. The van der Waals surface area contributed by atoms with Crippen molar-refractivity contribution in [2.24, 2.45) is 0 Å². The van der Waals surface area contributed by atoms with Crippen LogP contribution in [0.4, 0.5) is 0 Å². The minimum atomic E-state index is -1.19. The number of carbonyl (C=O) groups excluding carboxylic acids is 1. The van der Waals surface area contributed by atoms with E-state index in [9.17, 15) is 9.59 Å². The zero-order valence-corrected chi connectivity index (χ0v) is 7.84. The molecule has 3 N–H and O–H groups in total. The van der Waals surface area contributed by atoms with Gasteiger partial charge in [0, 0.05) is 13.0 Å². The largest absolute Gasteiger partial charge is 0.480 e. The summed E-state index contributed by atoms with van der Waals surface area (Å²) >= 11 is 0. The van der Waals surface area contributed by atoms with Crippen molar-refractivity contribution in [1.29, 1.82) is 0 Å². The van der Waals surface area contributed by atoms with E-state index in [1.54, 1.807) is 0 Å². The molecule has 0 spiro atoms. The Morgan fingerprint density at radius 1 is 1.53 bits per heavy atom. The number of carboxylic acids is 1. The molecule has 1 aromatic heterocycles. The summed E-state index contributed by atoms with van der Waals surface area (Å²) in [5.41, 5.74) is 0. The van der Waals surface area contributed by atoms with Crippen molar-refractivity contribution >= 4 is 11.9 Å². The number of nitrogens with one attached hydrogen (secondary N) is 1. The van der Waals surface area contributed by atoms with Crippen LogP contribution in [0.2, 0.25) is 0 Å². The highest BCUT2D eigenvalue weighted by molar-refractivity contribution is 5.94. The number of aliphatic hydroxyl groups excluding tert-OH is 1. The Labute approximate surface area is 85.5 Å². The number of hydrogen-bond donors (Lipinski definition) is 3. The van der Waals surface area contributed by atoms with E-state index in [1.165, 1.54) is 18.4 Å². The van der Waals surface area contributed by atoms with Gasteiger partial charge in [0.15, 0.2) is 5.76 Å². The fraction of sp³-hybridized carbons (Fsp3) is 0.333. The van der Waals surface area contributed by atoms with E-state index in [1.807, 2.05) is 0 Å². The van der Waals surface area contributed by atoms with Crippen LogP contribution in [0.15, 0.2) is 22.8 Å². The SMILES string of the molecule is O=C(NC(CCO)C(=O)O)c1ccco1. The third kappa shape index (κ3) is 3.10. The van der Waals surface area contributed by atoms with E-state index >= 15 is 0 Å². The van der Waals surface area contributed by atoms with Crippen molar-refractivity contribution in [3.05, 3.63) is 24.2 Å². The van der Waals surface area contributed by atoms with Gasteiger partial charge in [-0.1, -0.05) is 0 Å². The molecule has 0 saturated heterocycles. The molecule has 1 heterocycles. The van der Waals surface area contributed by atoms with Gasteiger partial charge in [0.1, 0.15) is 6.04 Å². The lowest BCUT2D eigenvalue weighted by molar-refractivity contribution is -0.139. The quantitative estimate of drug-likeness (QED) is 0.631. The maximum absolute atomic E-state index is 11.3. The second-order valence-corrected chi connectivity index (χ2v) is 2.85. The van der Waals surface area contributed by atoms with E-state index in [2.05, 4.69) is 5.32 Å². The van der Waals surface area contributed by atoms with Gasteiger partial charge in [-0.25, -0.2) is 4.79 Å². The van der Waals surface area contributed by atoms with Gasteiger partial charge in [-0.3, -0.25) is 4.79 Å². The van der Waals surface area contributed by atoms with Crippen LogP contribution in [0.3, 0.4) is 0 Å². The van der Waals surface area contributed by atoms with Gasteiger partial charge in [-0.2, -0.15) is 0 Å². The fourth-order valence-electron chi connectivity index (χ4n) is 1.02. The molecular formula is C9H11NO5. The predicted molar refractivity (Wildman–Crippen MR) is 49.3 cm³/mol.